The number of likely N-dealkylation sites (N-methyl/N-ethyl adjacent to an activating group) is 1. The van der Waals surface area contributed by atoms with Gasteiger partial charge < -0.3 is 19.6 Å². The van der Waals surface area contributed by atoms with Crippen LogP contribution in [0, 0.1) is 11.8 Å². The van der Waals surface area contributed by atoms with E-state index in [1.54, 1.807) is 11.3 Å². The van der Waals surface area contributed by atoms with Gasteiger partial charge in [-0.25, -0.2) is 4.79 Å². The summed E-state index contributed by atoms with van der Waals surface area (Å²) in [5.74, 6) is 4.43. The van der Waals surface area contributed by atoms with Gasteiger partial charge in [0, 0.05) is 60.4 Å². The van der Waals surface area contributed by atoms with Crippen molar-refractivity contribution in [2.45, 2.75) is 12.6 Å². The molecule has 1 aliphatic carbocycles. The molecule has 212 valence electrons. The molecule has 4 aromatic rings. The van der Waals surface area contributed by atoms with Gasteiger partial charge in [0.2, 0.25) is 0 Å². The van der Waals surface area contributed by atoms with E-state index in [4.69, 9.17) is 14.6 Å². The molecular weight excluding hydrogens is 553 g/mol. The predicted octanol–water partition coefficient (Wildman–Crippen LogP) is 5.53. The van der Waals surface area contributed by atoms with Crippen LogP contribution in [0.15, 0.2) is 60.0 Å². The summed E-state index contributed by atoms with van der Waals surface area (Å²) in [6, 6.07) is 18.8. The highest BCUT2D eigenvalue weighted by atomic mass is 32.1. The molecule has 2 aromatic carbocycles. The minimum absolute atomic E-state index is 0.375. The maximum absolute atomic E-state index is 10.6. The van der Waals surface area contributed by atoms with E-state index in [0.29, 0.717) is 6.61 Å². The van der Waals surface area contributed by atoms with Crippen LogP contribution in [0.2, 0.25) is 0 Å². The number of thiophene rings is 1. The molecule has 0 amide bonds. The second-order valence-electron chi connectivity index (χ2n) is 9.64. The molecule has 1 aliphatic heterocycles. The maximum atomic E-state index is 10.6. The van der Waals surface area contributed by atoms with Crippen LogP contribution in [0.1, 0.15) is 16.0 Å². The smallest absolute Gasteiger partial charge is 0.481 e. The first-order chi connectivity index (χ1) is 19.7. The van der Waals surface area contributed by atoms with E-state index in [2.05, 4.69) is 68.5 Å². The first kappa shape index (κ1) is 28.3. The average Bonchev–Trinajstić information content (AvgIpc) is 3.67. The zero-order valence-corrected chi connectivity index (χ0v) is 23.0. The lowest BCUT2D eigenvalue weighted by Crippen LogP contribution is -2.44. The molecule has 41 heavy (non-hydrogen) atoms. The number of carboxylic acids is 1. The first-order valence-electron chi connectivity index (χ1n) is 12.9. The Kier molecular flexibility index (Phi) is 8.33. The van der Waals surface area contributed by atoms with Gasteiger partial charge >= 0.3 is 12.1 Å². The molecule has 11 heteroatoms. The minimum Gasteiger partial charge on any atom is -0.481 e. The number of hydrogen-bond acceptors (Lipinski definition) is 6. The highest BCUT2D eigenvalue weighted by Crippen LogP contribution is 2.42. The van der Waals surface area contributed by atoms with E-state index in [-0.39, 0.29) is 0 Å². The lowest BCUT2D eigenvalue weighted by atomic mass is 10.1. The second kappa shape index (κ2) is 12.1. The monoisotopic (exact) mass is 580 g/mol. The van der Waals surface area contributed by atoms with Crippen molar-refractivity contribution in [3.8, 4) is 40.1 Å². The topological polar surface area (TPSA) is 81.7 Å². The van der Waals surface area contributed by atoms with Crippen LogP contribution in [-0.2, 0) is 11.2 Å². The number of para-hydroxylation sites is 1. The minimum atomic E-state index is -5.08. The van der Waals surface area contributed by atoms with Gasteiger partial charge in [0.05, 0.1) is 16.3 Å². The van der Waals surface area contributed by atoms with Crippen LogP contribution < -0.4 is 9.64 Å². The Balaban J connectivity index is 0.000000431. The van der Waals surface area contributed by atoms with Crippen molar-refractivity contribution >= 4 is 23.0 Å². The Morgan fingerprint density at radius 1 is 1.12 bits per heavy atom. The van der Waals surface area contributed by atoms with Crippen LogP contribution >= 0.6 is 11.3 Å². The van der Waals surface area contributed by atoms with Crippen LogP contribution in [0.5, 0.6) is 5.75 Å². The van der Waals surface area contributed by atoms with Gasteiger partial charge in [0.25, 0.3) is 0 Å². The number of benzene rings is 2. The fourth-order valence-corrected chi connectivity index (χ4v) is 5.47. The molecule has 0 bridgehead atoms. The number of alkyl halides is 3. The van der Waals surface area contributed by atoms with E-state index in [1.807, 2.05) is 30.3 Å². The number of aromatic amines is 1. The summed E-state index contributed by atoms with van der Waals surface area (Å²) in [6.45, 7) is 4.78. The quantitative estimate of drug-likeness (QED) is 0.273. The Morgan fingerprint density at radius 2 is 1.85 bits per heavy atom. The molecule has 2 N–H and O–H groups in total. The van der Waals surface area contributed by atoms with Crippen molar-refractivity contribution in [2.24, 2.45) is 0 Å². The Morgan fingerprint density at radius 3 is 2.56 bits per heavy atom. The molecule has 6 rings (SSSR count). The van der Waals surface area contributed by atoms with E-state index < -0.39 is 12.1 Å². The summed E-state index contributed by atoms with van der Waals surface area (Å²) in [6.07, 6.45) is -4.17. The van der Waals surface area contributed by atoms with Gasteiger partial charge in [-0.05, 0) is 42.9 Å². The van der Waals surface area contributed by atoms with E-state index >= 15 is 0 Å². The number of halogens is 3. The number of anilines is 1. The number of piperazine rings is 1. The molecule has 2 aromatic heterocycles. The van der Waals surface area contributed by atoms with Crippen molar-refractivity contribution in [3.63, 3.8) is 0 Å². The van der Waals surface area contributed by atoms with E-state index in [0.717, 1.165) is 60.2 Å². The normalized spacial score (nSPS) is 14.3. The van der Waals surface area contributed by atoms with Crippen molar-refractivity contribution < 1.29 is 27.8 Å². The fraction of sp³-hybridized carbons (Fsp3) is 0.267. The van der Waals surface area contributed by atoms with Crippen LogP contribution in [0.25, 0.3) is 22.5 Å². The molecule has 1 saturated heterocycles. The summed E-state index contributed by atoms with van der Waals surface area (Å²) < 4.78 is 37.4. The number of nitrogens with zero attached hydrogens (tertiary/aromatic N) is 3. The summed E-state index contributed by atoms with van der Waals surface area (Å²) in [5, 5.41) is 17.2. The lowest BCUT2D eigenvalue weighted by molar-refractivity contribution is -0.192. The fourth-order valence-electron chi connectivity index (χ4n) is 4.71. The molecular formula is C30H27F3N4O3S. The molecule has 0 radical (unpaired) electrons. The third kappa shape index (κ3) is 6.73. The molecule has 0 atom stereocenters. The average molecular weight is 581 g/mol. The van der Waals surface area contributed by atoms with Gasteiger partial charge in [-0.2, -0.15) is 18.3 Å². The molecule has 0 saturated carbocycles. The van der Waals surface area contributed by atoms with Crippen molar-refractivity contribution in [1.29, 1.82) is 0 Å². The number of aromatic nitrogens is 2. The van der Waals surface area contributed by atoms with Crippen molar-refractivity contribution in [3.05, 3.63) is 76.0 Å². The molecule has 1 fully saturated rings. The van der Waals surface area contributed by atoms with Crippen molar-refractivity contribution in [1.82, 2.24) is 15.1 Å². The summed E-state index contributed by atoms with van der Waals surface area (Å²) in [4.78, 5) is 14.8. The third-order valence-corrected chi connectivity index (χ3v) is 7.69. The van der Waals surface area contributed by atoms with Gasteiger partial charge in [-0.1, -0.05) is 36.1 Å². The summed E-state index contributed by atoms with van der Waals surface area (Å²) in [5.41, 5.74) is 8.60. The molecule has 7 nitrogen and oxygen atoms in total. The Labute approximate surface area is 239 Å². The SMILES string of the molecule is CN1CCN(c2ccc3c(c2)Cc2c(-c4csc(C#CCOc5ccccc5)c4)n[nH]c2-3)CC1.O=C(O)C(F)(F)F. The Bertz CT molecular complexity index is 1580. The zero-order valence-electron chi connectivity index (χ0n) is 22.2. The largest absolute Gasteiger partial charge is 0.490 e. The van der Waals surface area contributed by atoms with Gasteiger partial charge in [0.15, 0.2) is 0 Å². The molecule has 0 spiro atoms. The van der Waals surface area contributed by atoms with Crippen LogP contribution in [0.4, 0.5) is 18.9 Å². The van der Waals surface area contributed by atoms with Crippen LogP contribution in [-0.4, -0.2) is 72.2 Å². The summed E-state index contributed by atoms with van der Waals surface area (Å²) >= 11 is 1.65. The number of hydrogen-bond donors (Lipinski definition) is 2. The highest BCUT2D eigenvalue weighted by Gasteiger charge is 2.38. The molecule has 2 aliphatic rings. The van der Waals surface area contributed by atoms with E-state index in [1.165, 1.54) is 22.4 Å². The number of fused-ring (bicyclic) bond motifs is 3. The zero-order chi connectivity index (χ0) is 29.0. The number of rotatable bonds is 4. The third-order valence-electron chi connectivity index (χ3n) is 6.84. The first-order valence-corrected chi connectivity index (χ1v) is 13.8. The lowest BCUT2D eigenvalue weighted by Gasteiger charge is -2.34. The van der Waals surface area contributed by atoms with Crippen LogP contribution in [0.3, 0.4) is 0 Å². The highest BCUT2D eigenvalue weighted by molar-refractivity contribution is 7.11. The standard InChI is InChI=1S/C28H26N4OS.C2HF3O2/c1-31-11-13-32(14-12-31)22-9-10-25-20(16-22)18-26-27(29-30-28(25)26)21-17-24(34-19-21)8-5-15-33-23-6-3-2-4-7-23;3-2(4,5)1(6)7/h2-4,6-7,9-10,16-17,19H,11-15,18H2,1H3,(H,29,30);(H,6,7). The second-order valence-corrected chi connectivity index (χ2v) is 10.6. The summed E-state index contributed by atoms with van der Waals surface area (Å²) in [7, 11) is 2.20. The molecule has 3 heterocycles. The van der Waals surface area contributed by atoms with E-state index in [9.17, 15) is 13.2 Å². The molecule has 0 unspecified atom stereocenters. The Hall–Kier alpha value is -4.27. The van der Waals surface area contributed by atoms with Crippen molar-refractivity contribution in [2.75, 3.05) is 44.7 Å². The number of ether oxygens (including phenoxy) is 1. The number of carboxylic acid groups (broad SMARTS) is 1. The number of H-pyrrole nitrogens is 1. The predicted molar refractivity (Wildman–Crippen MR) is 152 cm³/mol. The van der Waals surface area contributed by atoms with Gasteiger partial charge in [-0.3, -0.25) is 5.10 Å². The van der Waals surface area contributed by atoms with Gasteiger partial charge in [-0.15, -0.1) is 11.3 Å². The maximum Gasteiger partial charge on any atom is 0.490 e. The number of nitrogens with one attached hydrogen (secondary N) is 1. The number of carbonyl (C=O) groups is 1. The number of aliphatic carboxylic acids is 1. The van der Waals surface area contributed by atoms with Gasteiger partial charge in [0.1, 0.15) is 12.4 Å².